The Morgan fingerprint density at radius 3 is 2.78 bits per heavy atom. The summed E-state index contributed by atoms with van der Waals surface area (Å²) in [7, 11) is 0. The maximum atomic E-state index is 4.58. The largest absolute Gasteiger partial charge is 0.352 e. The second-order valence-corrected chi connectivity index (χ2v) is 4.53. The molecule has 0 saturated carbocycles. The van der Waals surface area contributed by atoms with Gasteiger partial charge in [-0.05, 0) is 13.8 Å². The van der Waals surface area contributed by atoms with Gasteiger partial charge in [0, 0.05) is 32.7 Å². The molecule has 1 aliphatic rings. The molecule has 18 heavy (non-hydrogen) atoms. The van der Waals surface area contributed by atoms with Crippen molar-refractivity contribution in [3.8, 4) is 0 Å². The average molecular weight is 246 g/mol. The summed E-state index contributed by atoms with van der Waals surface area (Å²) in [5.41, 5.74) is 1.86. The van der Waals surface area contributed by atoms with Gasteiger partial charge in [0.15, 0.2) is 17.0 Å². The summed E-state index contributed by atoms with van der Waals surface area (Å²) in [4.78, 5) is 15.9. The first kappa shape index (κ1) is 11.4. The molecule has 0 amide bonds. The van der Waals surface area contributed by atoms with Gasteiger partial charge in [-0.3, -0.25) is 0 Å². The number of anilines is 1. The summed E-state index contributed by atoms with van der Waals surface area (Å²) in [5.74, 6) is 1.79. The minimum absolute atomic E-state index is 0.811. The second-order valence-electron chi connectivity index (χ2n) is 4.53. The van der Waals surface area contributed by atoms with E-state index in [1.54, 1.807) is 0 Å². The van der Waals surface area contributed by atoms with Gasteiger partial charge < -0.3 is 14.8 Å². The Balaban J connectivity index is 2.12. The molecule has 0 bridgehead atoms. The van der Waals surface area contributed by atoms with Crippen LogP contribution >= 0.6 is 0 Å². The van der Waals surface area contributed by atoms with Crippen LogP contribution in [0, 0.1) is 6.92 Å². The van der Waals surface area contributed by atoms with E-state index in [2.05, 4.69) is 36.7 Å². The Morgan fingerprint density at radius 1 is 1.28 bits per heavy atom. The van der Waals surface area contributed by atoms with Crippen molar-refractivity contribution in [3.05, 3.63) is 12.2 Å². The van der Waals surface area contributed by atoms with E-state index in [0.29, 0.717) is 0 Å². The predicted octanol–water partition coefficient (Wildman–Crippen LogP) is 0.564. The molecule has 2 aromatic heterocycles. The summed E-state index contributed by atoms with van der Waals surface area (Å²) in [6, 6.07) is 0. The summed E-state index contributed by atoms with van der Waals surface area (Å²) in [5, 5.41) is 3.35. The van der Waals surface area contributed by atoms with Gasteiger partial charge in [-0.15, -0.1) is 0 Å². The molecule has 0 radical (unpaired) electrons. The van der Waals surface area contributed by atoms with E-state index in [1.807, 2.05) is 13.3 Å². The highest BCUT2D eigenvalue weighted by atomic mass is 15.3. The third-order valence-electron chi connectivity index (χ3n) is 3.31. The van der Waals surface area contributed by atoms with Gasteiger partial charge in [-0.1, -0.05) is 0 Å². The van der Waals surface area contributed by atoms with Crippen molar-refractivity contribution in [3.63, 3.8) is 0 Å². The molecule has 0 aromatic carbocycles. The van der Waals surface area contributed by atoms with Gasteiger partial charge in [-0.2, -0.15) is 0 Å². The number of aryl methyl sites for hydroxylation is 2. The molecule has 3 heterocycles. The van der Waals surface area contributed by atoms with E-state index in [0.717, 1.165) is 55.5 Å². The zero-order chi connectivity index (χ0) is 12.5. The lowest BCUT2D eigenvalue weighted by molar-refractivity contribution is 0.585. The molecule has 2 aromatic rings. The van der Waals surface area contributed by atoms with Crippen LogP contribution in [0.2, 0.25) is 0 Å². The Morgan fingerprint density at radius 2 is 2.06 bits per heavy atom. The maximum Gasteiger partial charge on any atom is 0.165 e. The highest BCUT2D eigenvalue weighted by Crippen LogP contribution is 2.22. The summed E-state index contributed by atoms with van der Waals surface area (Å²) < 4.78 is 2.07. The Hall–Kier alpha value is -1.69. The molecule has 96 valence electrons. The molecule has 3 rings (SSSR count). The topological polar surface area (TPSA) is 58.9 Å². The first-order valence-corrected chi connectivity index (χ1v) is 6.44. The lowest BCUT2D eigenvalue weighted by Crippen LogP contribution is -2.44. The van der Waals surface area contributed by atoms with E-state index < -0.39 is 0 Å². The van der Waals surface area contributed by atoms with Crippen LogP contribution in [0.4, 0.5) is 5.82 Å². The van der Waals surface area contributed by atoms with Gasteiger partial charge in [0.25, 0.3) is 0 Å². The van der Waals surface area contributed by atoms with E-state index in [9.17, 15) is 0 Å². The summed E-state index contributed by atoms with van der Waals surface area (Å²) in [6.45, 7) is 8.88. The molecule has 1 saturated heterocycles. The van der Waals surface area contributed by atoms with Crippen molar-refractivity contribution in [2.24, 2.45) is 0 Å². The fraction of sp³-hybridized carbons (Fsp3) is 0.583. The fourth-order valence-corrected chi connectivity index (χ4v) is 2.36. The van der Waals surface area contributed by atoms with Crippen LogP contribution in [0.15, 0.2) is 6.33 Å². The highest BCUT2D eigenvalue weighted by Gasteiger charge is 2.18. The van der Waals surface area contributed by atoms with E-state index in [1.165, 1.54) is 0 Å². The maximum absolute atomic E-state index is 4.58. The average Bonchev–Trinajstić information content (AvgIpc) is 2.81. The normalized spacial score (nSPS) is 16.4. The molecule has 0 aliphatic carbocycles. The third kappa shape index (κ3) is 1.82. The van der Waals surface area contributed by atoms with Crippen LogP contribution in [0.1, 0.15) is 12.7 Å². The second kappa shape index (κ2) is 4.53. The molecule has 6 heteroatoms. The van der Waals surface area contributed by atoms with Crippen LogP contribution in [0.3, 0.4) is 0 Å². The van der Waals surface area contributed by atoms with Crippen LogP contribution < -0.4 is 10.2 Å². The summed E-state index contributed by atoms with van der Waals surface area (Å²) in [6.07, 6.45) is 1.85. The third-order valence-corrected chi connectivity index (χ3v) is 3.31. The molecular formula is C12H18N6. The minimum atomic E-state index is 0.811. The highest BCUT2D eigenvalue weighted by molar-refractivity contribution is 5.83. The monoisotopic (exact) mass is 246 g/mol. The number of hydrogen-bond acceptors (Lipinski definition) is 5. The fourth-order valence-electron chi connectivity index (χ4n) is 2.36. The standard InChI is InChI=1S/C12H18N6/c1-3-17-8-14-10-11(17)15-9(2)16-12(10)18-6-4-13-5-7-18/h8,13H,3-7H2,1-2H3. The van der Waals surface area contributed by atoms with Crippen LogP contribution in [-0.4, -0.2) is 45.7 Å². The van der Waals surface area contributed by atoms with Crippen LogP contribution in [-0.2, 0) is 6.54 Å². The van der Waals surface area contributed by atoms with E-state index >= 15 is 0 Å². The first-order chi connectivity index (χ1) is 8.79. The zero-order valence-electron chi connectivity index (χ0n) is 10.8. The molecule has 6 nitrogen and oxygen atoms in total. The Kier molecular flexibility index (Phi) is 2.87. The smallest absolute Gasteiger partial charge is 0.165 e. The number of nitrogens with one attached hydrogen (secondary N) is 1. The quantitative estimate of drug-likeness (QED) is 0.839. The van der Waals surface area contributed by atoms with Gasteiger partial charge in [0.05, 0.1) is 6.33 Å². The lowest BCUT2D eigenvalue weighted by Gasteiger charge is -2.28. The minimum Gasteiger partial charge on any atom is -0.352 e. The van der Waals surface area contributed by atoms with Crippen LogP contribution in [0.5, 0.6) is 0 Å². The number of piperazine rings is 1. The first-order valence-electron chi connectivity index (χ1n) is 6.44. The van der Waals surface area contributed by atoms with Gasteiger partial charge in [-0.25, -0.2) is 15.0 Å². The van der Waals surface area contributed by atoms with E-state index in [4.69, 9.17) is 0 Å². The Labute approximate surface area is 106 Å². The van der Waals surface area contributed by atoms with Crippen molar-refractivity contribution in [2.75, 3.05) is 31.1 Å². The number of imidazole rings is 1. The SMILES string of the molecule is CCn1cnc2c(N3CCNCC3)nc(C)nc21. The predicted molar refractivity (Wildman–Crippen MR) is 70.8 cm³/mol. The molecule has 0 unspecified atom stereocenters. The van der Waals surface area contributed by atoms with Crippen molar-refractivity contribution in [2.45, 2.75) is 20.4 Å². The number of fused-ring (bicyclic) bond motifs is 1. The lowest BCUT2D eigenvalue weighted by atomic mass is 10.3. The molecule has 1 N–H and O–H groups in total. The van der Waals surface area contributed by atoms with Crippen molar-refractivity contribution in [1.82, 2.24) is 24.8 Å². The van der Waals surface area contributed by atoms with Crippen molar-refractivity contribution >= 4 is 17.0 Å². The van der Waals surface area contributed by atoms with Gasteiger partial charge in [0.2, 0.25) is 0 Å². The van der Waals surface area contributed by atoms with Gasteiger partial charge >= 0.3 is 0 Å². The Bertz CT molecular complexity index is 555. The number of nitrogens with zero attached hydrogens (tertiary/aromatic N) is 5. The number of rotatable bonds is 2. The molecule has 0 atom stereocenters. The molecular weight excluding hydrogens is 228 g/mol. The summed E-state index contributed by atoms with van der Waals surface area (Å²) >= 11 is 0. The molecule has 1 fully saturated rings. The van der Waals surface area contributed by atoms with Crippen molar-refractivity contribution in [1.29, 1.82) is 0 Å². The number of hydrogen-bond donors (Lipinski definition) is 1. The van der Waals surface area contributed by atoms with Crippen LogP contribution in [0.25, 0.3) is 11.2 Å². The van der Waals surface area contributed by atoms with Gasteiger partial charge in [0.1, 0.15) is 5.82 Å². The molecule has 1 aliphatic heterocycles. The zero-order valence-corrected chi connectivity index (χ0v) is 10.8. The van der Waals surface area contributed by atoms with Crippen molar-refractivity contribution < 1.29 is 0 Å². The number of aromatic nitrogens is 4. The van der Waals surface area contributed by atoms with E-state index in [-0.39, 0.29) is 0 Å². The molecule has 0 spiro atoms.